The summed E-state index contributed by atoms with van der Waals surface area (Å²) >= 11 is 0. The summed E-state index contributed by atoms with van der Waals surface area (Å²) in [7, 11) is -1.21. The van der Waals surface area contributed by atoms with Gasteiger partial charge in [0.05, 0.1) is 14.2 Å². The van der Waals surface area contributed by atoms with Crippen LogP contribution in [-0.4, -0.2) is 20.1 Å². The summed E-state index contributed by atoms with van der Waals surface area (Å²) < 4.78 is 5.11. The summed E-state index contributed by atoms with van der Waals surface area (Å²) in [4.78, 5) is 10.7. The molecule has 0 amide bonds. The molecule has 3 heteroatoms. The van der Waals surface area contributed by atoms with Gasteiger partial charge in [0.15, 0.2) is 0 Å². The average Bonchev–Trinajstić information content (AvgIpc) is 1.96. The van der Waals surface area contributed by atoms with Gasteiger partial charge in [-0.2, -0.15) is 0 Å². The van der Waals surface area contributed by atoms with Crippen LogP contribution in [0.2, 0.25) is 25.2 Å². The molecule has 82 valence electrons. The van der Waals surface area contributed by atoms with Gasteiger partial charge in [-0.25, -0.2) is 0 Å². The first kappa shape index (κ1) is 13.4. The number of carbonyl (C=O) groups excluding carboxylic acids is 1. The van der Waals surface area contributed by atoms with Gasteiger partial charge in [0.25, 0.3) is 0 Å². The van der Waals surface area contributed by atoms with Gasteiger partial charge in [0.2, 0.25) is 0 Å². The third-order valence-corrected chi connectivity index (χ3v) is 5.05. The number of hydrogen-bond donors (Lipinski definition) is 0. The van der Waals surface area contributed by atoms with Gasteiger partial charge in [-0.1, -0.05) is 25.7 Å². The molecule has 0 aliphatic rings. The van der Waals surface area contributed by atoms with Crippen LogP contribution < -0.4 is 0 Å². The van der Waals surface area contributed by atoms with Crippen LogP contribution in [-0.2, 0) is 9.53 Å². The second-order valence-corrected chi connectivity index (χ2v) is 10.3. The highest BCUT2D eigenvalue weighted by Crippen LogP contribution is 2.28. The highest BCUT2D eigenvalue weighted by molar-refractivity contribution is 6.78. The first-order valence-corrected chi connectivity index (χ1v) is 8.65. The fraction of sp³-hybridized carbons (Fsp3) is 0.727. The van der Waals surface area contributed by atoms with Gasteiger partial charge in [-0.3, -0.25) is 4.79 Å². The van der Waals surface area contributed by atoms with Crippen molar-refractivity contribution in [3.63, 3.8) is 0 Å². The van der Waals surface area contributed by atoms with Gasteiger partial charge >= 0.3 is 5.97 Å². The van der Waals surface area contributed by atoms with Gasteiger partial charge in [-0.05, 0) is 18.9 Å². The van der Waals surface area contributed by atoms with Crippen molar-refractivity contribution < 1.29 is 9.53 Å². The Balaban J connectivity index is 4.19. The first-order valence-electron chi connectivity index (χ1n) is 5.07. The zero-order chi connectivity index (χ0) is 11.4. The Bertz CT molecular complexity index is 206. The predicted octanol–water partition coefficient (Wildman–Crippen LogP) is 3.22. The smallest absolute Gasteiger partial charge is 0.302 e. The minimum atomic E-state index is -1.21. The largest absolute Gasteiger partial charge is 0.463 e. The van der Waals surface area contributed by atoms with Gasteiger partial charge in [-0.15, -0.1) is 6.58 Å². The molecule has 14 heavy (non-hydrogen) atoms. The maximum absolute atomic E-state index is 10.7. The van der Waals surface area contributed by atoms with Crippen molar-refractivity contribution in [1.82, 2.24) is 0 Å². The predicted molar refractivity (Wildman–Crippen MR) is 63.1 cm³/mol. The SMILES string of the molecule is C=CC(CC(C)OC(C)=O)[Si](C)(C)C. The fourth-order valence-electron chi connectivity index (χ4n) is 1.49. The van der Waals surface area contributed by atoms with Gasteiger partial charge in [0, 0.05) is 6.92 Å². The topological polar surface area (TPSA) is 26.3 Å². The van der Waals surface area contributed by atoms with Crippen LogP contribution in [0.25, 0.3) is 0 Å². The number of carbonyl (C=O) groups is 1. The third kappa shape index (κ3) is 5.22. The van der Waals surface area contributed by atoms with Crippen LogP contribution >= 0.6 is 0 Å². The lowest BCUT2D eigenvalue weighted by Gasteiger charge is -2.28. The molecule has 0 aromatic carbocycles. The number of esters is 1. The molecule has 2 nitrogen and oxygen atoms in total. The standard InChI is InChI=1S/C11H22O2Si/c1-7-11(14(4,5)6)8-9(2)13-10(3)12/h7,9,11H,1,8H2,2-6H3. The van der Waals surface area contributed by atoms with Gasteiger partial charge < -0.3 is 4.74 Å². The third-order valence-electron chi connectivity index (χ3n) is 2.35. The summed E-state index contributed by atoms with van der Waals surface area (Å²) in [6, 6.07) is 0. The van der Waals surface area contributed by atoms with Crippen molar-refractivity contribution in [1.29, 1.82) is 0 Å². The molecule has 0 saturated heterocycles. The van der Waals surface area contributed by atoms with Crippen LogP contribution in [0.15, 0.2) is 12.7 Å². The molecule has 0 rings (SSSR count). The van der Waals surface area contributed by atoms with Crippen molar-refractivity contribution in [3.05, 3.63) is 12.7 Å². The number of rotatable bonds is 5. The maximum Gasteiger partial charge on any atom is 0.302 e. The molecule has 0 N–H and O–H groups in total. The normalized spacial score (nSPS) is 15.8. The van der Waals surface area contributed by atoms with Crippen molar-refractivity contribution in [3.8, 4) is 0 Å². The molecular weight excluding hydrogens is 192 g/mol. The van der Waals surface area contributed by atoms with E-state index in [1.807, 2.05) is 13.0 Å². The molecule has 0 aromatic rings. The fourth-order valence-corrected chi connectivity index (χ4v) is 3.24. The maximum atomic E-state index is 10.7. The Kier molecular flexibility index (Phi) is 5.12. The molecule has 0 aliphatic carbocycles. The van der Waals surface area contributed by atoms with Crippen molar-refractivity contribution >= 4 is 14.0 Å². The molecule has 0 spiro atoms. The second kappa shape index (κ2) is 5.34. The van der Waals surface area contributed by atoms with Crippen LogP contribution in [0.5, 0.6) is 0 Å². The van der Waals surface area contributed by atoms with E-state index in [4.69, 9.17) is 4.74 Å². The monoisotopic (exact) mass is 214 g/mol. The summed E-state index contributed by atoms with van der Waals surface area (Å²) in [5, 5.41) is 0. The zero-order valence-electron chi connectivity index (χ0n) is 9.96. The Labute approximate surface area is 88.4 Å². The summed E-state index contributed by atoms with van der Waals surface area (Å²) in [6.07, 6.45) is 2.91. The van der Waals surface area contributed by atoms with E-state index in [2.05, 4.69) is 26.2 Å². The van der Waals surface area contributed by atoms with Crippen molar-refractivity contribution in [2.24, 2.45) is 0 Å². The Morgan fingerprint density at radius 1 is 1.50 bits per heavy atom. The molecule has 2 unspecified atom stereocenters. The van der Waals surface area contributed by atoms with Gasteiger partial charge in [0.1, 0.15) is 0 Å². The van der Waals surface area contributed by atoms with E-state index in [1.165, 1.54) is 6.92 Å². The van der Waals surface area contributed by atoms with Crippen LogP contribution in [0.1, 0.15) is 20.3 Å². The number of allylic oxidation sites excluding steroid dienone is 1. The van der Waals surface area contributed by atoms with E-state index in [0.29, 0.717) is 5.54 Å². The Hall–Kier alpha value is -0.573. The lowest BCUT2D eigenvalue weighted by molar-refractivity contribution is -0.145. The van der Waals surface area contributed by atoms with E-state index in [1.54, 1.807) is 0 Å². The van der Waals surface area contributed by atoms with Crippen LogP contribution in [0.3, 0.4) is 0 Å². The number of hydrogen-bond acceptors (Lipinski definition) is 2. The van der Waals surface area contributed by atoms with E-state index < -0.39 is 8.07 Å². The molecule has 0 heterocycles. The minimum Gasteiger partial charge on any atom is -0.463 e. The molecule has 0 bridgehead atoms. The quantitative estimate of drug-likeness (QED) is 0.399. The first-order chi connectivity index (χ1) is 6.27. The molecule has 0 aromatic heterocycles. The van der Waals surface area contributed by atoms with Crippen molar-refractivity contribution in [2.45, 2.75) is 51.6 Å². The minimum absolute atomic E-state index is 0.00206. The van der Waals surface area contributed by atoms with E-state index >= 15 is 0 Å². The van der Waals surface area contributed by atoms with E-state index in [9.17, 15) is 4.79 Å². The Morgan fingerprint density at radius 2 is 2.00 bits per heavy atom. The lowest BCUT2D eigenvalue weighted by Crippen LogP contribution is -2.30. The zero-order valence-corrected chi connectivity index (χ0v) is 11.0. The van der Waals surface area contributed by atoms with E-state index in [0.717, 1.165) is 6.42 Å². The van der Waals surface area contributed by atoms with Crippen LogP contribution in [0.4, 0.5) is 0 Å². The average molecular weight is 214 g/mol. The summed E-state index contributed by atoms with van der Waals surface area (Å²) in [5.74, 6) is -0.198. The van der Waals surface area contributed by atoms with Crippen molar-refractivity contribution in [2.75, 3.05) is 0 Å². The molecule has 0 radical (unpaired) electrons. The Morgan fingerprint density at radius 3 is 2.29 bits per heavy atom. The molecular formula is C11H22O2Si. The highest BCUT2D eigenvalue weighted by Gasteiger charge is 2.26. The molecule has 2 atom stereocenters. The highest BCUT2D eigenvalue weighted by atomic mass is 28.3. The molecule has 0 aliphatic heterocycles. The number of ether oxygens (including phenoxy) is 1. The molecule has 0 fully saturated rings. The van der Waals surface area contributed by atoms with Crippen LogP contribution in [0, 0.1) is 0 Å². The molecule has 0 saturated carbocycles. The summed E-state index contributed by atoms with van der Waals surface area (Å²) in [5.41, 5.74) is 0.511. The second-order valence-electron chi connectivity index (χ2n) is 4.86. The lowest BCUT2D eigenvalue weighted by atomic mass is 10.2. The summed E-state index contributed by atoms with van der Waals surface area (Å²) in [6.45, 7) is 14.2. The van der Waals surface area contributed by atoms with E-state index in [-0.39, 0.29) is 12.1 Å².